The summed E-state index contributed by atoms with van der Waals surface area (Å²) in [5, 5.41) is 8.98. The minimum Gasteiger partial charge on any atom is -0.465 e. The number of rotatable bonds is 7. The zero-order chi connectivity index (χ0) is 11.0. The van der Waals surface area contributed by atoms with Crippen molar-refractivity contribution >= 4 is 5.97 Å². The summed E-state index contributed by atoms with van der Waals surface area (Å²) in [7, 11) is 3.04. The van der Waals surface area contributed by atoms with Crippen LogP contribution >= 0.6 is 0 Å². The van der Waals surface area contributed by atoms with Gasteiger partial charge < -0.3 is 19.3 Å². The molecule has 0 saturated carbocycles. The predicted octanol–water partition coefficient (Wildman–Crippen LogP) is 0.167. The monoisotopic (exact) mass is 206 g/mol. The Kier molecular flexibility index (Phi) is 7.37. The summed E-state index contributed by atoms with van der Waals surface area (Å²) in [5.74, 6) is -0.501. The number of carbonyl (C=O) groups excluding carboxylic acids is 1. The molecule has 0 fully saturated rings. The second kappa shape index (κ2) is 7.73. The summed E-state index contributed by atoms with van der Waals surface area (Å²) < 4.78 is 14.7. The topological polar surface area (TPSA) is 65.0 Å². The van der Waals surface area contributed by atoms with Crippen LogP contribution in [0.15, 0.2) is 0 Å². The Balaban J connectivity index is 3.82. The third-order valence-corrected chi connectivity index (χ3v) is 1.83. The van der Waals surface area contributed by atoms with E-state index in [0.29, 0.717) is 6.42 Å². The van der Waals surface area contributed by atoms with Crippen LogP contribution in [0.3, 0.4) is 0 Å². The molecule has 0 aliphatic carbocycles. The molecule has 0 amide bonds. The average Bonchev–Trinajstić information content (AvgIpc) is 2.18. The second-order valence-electron chi connectivity index (χ2n) is 2.99. The molecule has 0 aliphatic heterocycles. The fourth-order valence-corrected chi connectivity index (χ4v) is 0.991. The molecule has 0 bridgehead atoms. The smallest absolute Gasteiger partial charge is 0.302 e. The Hall–Kier alpha value is -0.650. The lowest BCUT2D eigenvalue weighted by Gasteiger charge is -2.19. The van der Waals surface area contributed by atoms with Crippen LogP contribution in [-0.2, 0) is 19.0 Å². The van der Waals surface area contributed by atoms with Crippen molar-refractivity contribution in [2.75, 3.05) is 27.4 Å². The van der Waals surface area contributed by atoms with Gasteiger partial charge in [-0.1, -0.05) is 0 Å². The molecule has 84 valence electrons. The Morgan fingerprint density at radius 3 is 2.29 bits per heavy atom. The maximum Gasteiger partial charge on any atom is 0.302 e. The van der Waals surface area contributed by atoms with E-state index >= 15 is 0 Å². The van der Waals surface area contributed by atoms with E-state index in [0.717, 1.165) is 0 Å². The number of hydrogen-bond donors (Lipinski definition) is 1. The van der Waals surface area contributed by atoms with Crippen molar-refractivity contribution < 1.29 is 24.1 Å². The van der Waals surface area contributed by atoms with Gasteiger partial charge in [0.05, 0.1) is 6.61 Å². The van der Waals surface area contributed by atoms with E-state index in [1.807, 2.05) is 0 Å². The molecule has 14 heavy (non-hydrogen) atoms. The first-order valence-electron chi connectivity index (χ1n) is 4.43. The fourth-order valence-electron chi connectivity index (χ4n) is 0.991. The highest BCUT2D eigenvalue weighted by Gasteiger charge is 2.16. The highest BCUT2D eigenvalue weighted by molar-refractivity contribution is 5.65. The van der Waals surface area contributed by atoms with Gasteiger partial charge in [-0.15, -0.1) is 0 Å². The number of aliphatic hydroxyl groups is 1. The van der Waals surface area contributed by atoms with Crippen molar-refractivity contribution in [2.45, 2.75) is 19.6 Å². The summed E-state index contributed by atoms with van der Waals surface area (Å²) >= 11 is 0. The molecule has 1 unspecified atom stereocenters. The molecule has 0 aromatic rings. The van der Waals surface area contributed by atoms with Crippen LogP contribution in [0.25, 0.3) is 0 Å². The number of esters is 1. The summed E-state index contributed by atoms with van der Waals surface area (Å²) in [4.78, 5) is 10.5. The lowest BCUT2D eigenvalue weighted by molar-refractivity contribution is -0.147. The molecular formula is C9H18O5. The van der Waals surface area contributed by atoms with Crippen LogP contribution in [0.4, 0.5) is 0 Å². The van der Waals surface area contributed by atoms with Crippen molar-refractivity contribution in [3.8, 4) is 0 Å². The van der Waals surface area contributed by atoms with Gasteiger partial charge in [0.2, 0.25) is 0 Å². The molecule has 0 saturated heterocycles. The van der Waals surface area contributed by atoms with Crippen molar-refractivity contribution in [3.05, 3.63) is 0 Å². The SMILES string of the molecule is COC(CC(CO)COC(C)=O)OC. The normalized spacial score (nSPS) is 12.9. The van der Waals surface area contributed by atoms with Gasteiger partial charge >= 0.3 is 5.97 Å². The van der Waals surface area contributed by atoms with Crippen LogP contribution in [0, 0.1) is 5.92 Å². The molecule has 0 aromatic carbocycles. The lowest BCUT2D eigenvalue weighted by Crippen LogP contribution is -2.24. The molecule has 1 atom stereocenters. The first kappa shape index (κ1) is 13.4. The van der Waals surface area contributed by atoms with Crippen LogP contribution in [0.5, 0.6) is 0 Å². The van der Waals surface area contributed by atoms with Crippen LogP contribution in [-0.4, -0.2) is 44.8 Å². The Bertz CT molecular complexity index is 155. The molecule has 0 heterocycles. The quantitative estimate of drug-likeness (QED) is 0.475. The van der Waals surface area contributed by atoms with E-state index in [1.54, 1.807) is 0 Å². The summed E-state index contributed by atoms with van der Waals surface area (Å²) in [6, 6.07) is 0. The molecule has 0 rings (SSSR count). The first-order chi connectivity index (χ1) is 6.63. The van der Waals surface area contributed by atoms with Crippen molar-refractivity contribution in [3.63, 3.8) is 0 Å². The van der Waals surface area contributed by atoms with Gasteiger partial charge in [0.1, 0.15) is 0 Å². The third kappa shape index (κ3) is 5.90. The van der Waals surface area contributed by atoms with Crippen molar-refractivity contribution in [1.29, 1.82) is 0 Å². The van der Waals surface area contributed by atoms with Gasteiger partial charge in [-0.25, -0.2) is 0 Å². The Labute approximate surface area is 84.0 Å². The predicted molar refractivity (Wildman–Crippen MR) is 49.6 cm³/mol. The number of hydrogen-bond acceptors (Lipinski definition) is 5. The Morgan fingerprint density at radius 1 is 1.36 bits per heavy atom. The first-order valence-corrected chi connectivity index (χ1v) is 4.43. The molecular weight excluding hydrogens is 188 g/mol. The molecule has 0 aliphatic rings. The van der Waals surface area contributed by atoms with E-state index in [-0.39, 0.29) is 31.4 Å². The van der Waals surface area contributed by atoms with E-state index < -0.39 is 0 Å². The van der Waals surface area contributed by atoms with Crippen LogP contribution in [0.1, 0.15) is 13.3 Å². The minimum atomic E-state index is -0.372. The van der Waals surface area contributed by atoms with Crippen molar-refractivity contribution in [1.82, 2.24) is 0 Å². The standard InChI is InChI=1S/C9H18O5/c1-7(11)14-6-8(5-10)4-9(12-2)13-3/h8-10H,4-6H2,1-3H3. The van der Waals surface area contributed by atoms with E-state index in [4.69, 9.17) is 19.3 Å². The summed E-state index contributed by atoms with van der Waals surface area (Å²) in [6.45, 7) is 1.46. The number of methoxy groups -OCH3 is 2. The molecule has 5 heteroatoms. The molecule has 5 nitrogen and oxygen atoms in total. The van der Waals surface area contributed by atoms with Gasteiger partial charge in [-0.2, -0.15) is 0 Å². The maximum atomic E-state index is 10.5. The summed E-state index contributed by atoms with van der Waals surface area (Å²) in [5.41, 5.74) is 0. The van der Waals surface area contributed by atoms with Gasteiger partial charge in [0, 0.05) is 40.1 Å². The van der Waals surface area contributed by atoms with Crippen LogP contribution < -0.4 is 0 Å². The molecule has 0 aromatic heterocycles. The zero-order valence-electron chi connectivity index (χ0n) is 8.86. The molecule has 0 spiro atoms. The summed E-state index contributed by atoms with van der Waals surface area (Å²) in [6.07, 6.45) is 0.124. The van der Waals surface area contributed by atoms with Crippen LogP contribution in [0.2, 0.25) is 0 Å². The zero-order valence-corrected chi connectivity index (χ0v) is 8.86. The van der Waals surface area contributed by atoms with Gasteiger partial charge in [-0.3, -0.25) is 4.79 Å². The highest BCUT2D eigenvalue weighted by Crippen LogP contribution is 2.09. The van der Waals surface area contributed by atoms with E-state index in [9.17, 15) is 4.79 Å². The number of ether oxygens (including phenoxy) is 3. The van der Waals surface area contributed by atoms with Gasteiger partial charge in [0.25, 0.3) is 0 Å². The molecule has 1 N–H and O–H groups in total. The lowest BCUT2D eigenvalue weighted by atomic mass is 10.1. The van der Waals surface area contributed by atoms with E-state index in [1.165, 1.54) is 21.1 Å². The van der Waals surface area contributed by atoms with Gasteiger partial charge in [0.15, 0.2) is 6.29 Å². The van der Waals surface area contributed by atoms with Crippen molar-refractivity contribution in [2.24, 2.45) is 5.92 Å². The van der Waals surface area contributed by atoms with E-state index in [2.05, 4.69) is 0 Å². The minimum absolute atomic E-state index is 0.0590. The molecule has 0 radical (unpaired) electrons. The number of carbonyl (C=O) groups is 1. The number of aliphatic hydroxyl groups excluding tert-OH is 1. The largest absolute Gasteiger partial charge is 0.465 e. The Morgan fingerprint density at radius 2 is 1.93 bits per heavy atom. The average molecular weight is 206 g/mol. The van der Waals surface area contributed by atoms with Gasteiger partial charge in [-0.05, 0) is 0 Å². The highest BCUT2D eigenvalue weighted by atomic mass is 16.7. The fraction of sp³-hybridized carbons (Fsp3) is 0.889. The third-order valence-electron chi connectivity index (χ3n) is 1.83. The maximum absolute atomic E-state index is 10.5. The second-order valence-corrected chi connectivity index (χ2v) is 2.99.